The Balaban J connectivity index is 1.79. The number of amides is 1. The number of hydrogen-bond acceptors (Lipinski definition) is 3. The van der Waals surface area contributed by atoms with Crippen molar-refractivity contribution in [3.05, 3.63) is 35.4 Å². The highest BCUT2D eigenvalue weighted by atomic mass is 16.6. The van der Waals surface area contributed by atoms with Crippen LogP contribution >= 0.6 is 0 Å². The predicted molar refractivity (Wildman–Crippen MR) is 70.1 cm³/mol. The van der Waals surface area contributed by atoms with Crippen molar-refractivity contribution in [1.82, 2.24) is 4.90 Å². The molecule has 0 bridgehead atoms. The number of hydrogen-bond donors (Lipinski definition) is 1. The van der Waals surface area contributed by atoms with Crippen LogP contribution < -0.4 is 5.73 Å². The summed E-state index contributed by atoms with van der Waals surface area (Å²) in [4.78, 5) is 13.5. The zero-order valence-electron chi connectivity index (χ0n) is 10.8. The first-order chi connectivity index (χ1) is 8.65. The largest absolute Gasteiger partial charge is 0.445 e. The summed E-state index contributed by atoms with van der Waals surface area (Å²) >= 11 is 0. The summed E-state index contributed by atoms with van der Waals surface area (Å²) in [6, 6.07) is 8.22. The van der Waals surface area contributed by atoms with Gasteiger partial charge >= 0.3 is 6.09 Å². The van der Waals surface area contributed by atoms with Crippen molar-refractivity contribution in [3.63, 3.8) is 0 Å². The van der Waals surface area contributed by atoms with Gasteiger partial charge in [0.1, 0.15) is 6.61 Å². The van der Waals surface area contributed by atoms with E-state index in [0.29, 0.717) is 19.7 Å². The lowest BCUT2D eigenvalue weighted by Crippen LogP contribution is -2.43. The molecule has 1 saturated heterocycles. The minimum Gasteiger partial charge on any atom is -0.445 e. The number of ether oxygens (including phenoxy) is 1. The Bertz CT molecular complexity index is 395. The number of aryl methyl sites for hydroxylation is 1. The predicted octanol–water partition coefficient (Wildman–Crippen LogP) is 2.05. The van der Waals surface area contributed by atoms with E-state index in [2.05, 4.69) is 0 Å². The van der Waals surface area contributed by atoms with Crippen molar-refractivity contribution in [3.8, 4) is 0 Å². The Morgan fingerprint density at radius 1 is 1.33 bits per heavy atom. The van der Waals surface area contributed by atoms with Crippen molar-refractivity contribution in [2.45, 2.75) is 32.4 Å². The second kappa shape index (κ2) is 5.87. The molecule has 1 aliphatic heterocycles. The summed E-state index contributed by atoms with van der Waals surface area (Å²) in [6.07, 6.45) is 1.49. The first-order valence-electron chi connectivity index (χ1n) is 6.38. The molecule has 0 aromatic heterocycles. The number of benzene rings is 1. The minimum absolute atomic E-state index is 0.228. The van der Waals surface area contributed by atoms with Crippen LogP contribution in [0.2, 0.25) is 0 Å². The van der Waals surface area contributed by atoms with Crippen molar-refractivity contribution < 1.29 is 9.53 Å². The van der Waals surface area contributed by atoms with Gasteiger partial charge in [-0.25, -0.2) is 4.79 Å². The van der Waals surface area contributed by atoms with Gasteiger partial charge in [0.2, 0.25) is 0 Å². The van der Waals surface area contributed by atoms with Crippen molar-refractivity contribution >= 4 is 6.09 Å². The average molecular weight is 248 g/mol. The molecule has 4 heteroatoms. The molecule has 4 nitrogen and oxygen atoms in total. The van der Waals surface area contributed by atoms with Gasteiger partial charge in [-0.15, -0.1) is 0 Å². The summed E-state index contributed by atoms with van der Waals surface area (Å²) in [5.74, 6) is 0. The Morgan fingerprint density at radius 2 is 1.94 bits per heavy atom. The molecule has 1 heterocycles. The number of piperidine rings is 1. The number of carbonyl (C=O) groups excluding carboxylic acids is 1. The van der Waals surface area contributed by atoms with Crippen LogP contribution in [-0.4, -0.2) is 30.1 Å². The summed E-state index contributed by atoms with van der Waals surface area (Å²) in [6.45, 7) is 3.77. The van der Waals surface area contributed by atoms with Gasteiger partial charge in [-0.05, 0) is 25.3 Å². The third-order valence-corrected chi connectivity index (χ3v) is 3.28. The molecular weight excluding hydrogens is 228 g/mol. The topological polar surface area (TPSA) is 55.6 Å². The Labute approximate surface area is 108 Å². The van der Waals surface area contributed by atoms with Gasteiger partial charge in [-0.3, -0.25) is 0 Å². The molecule has 1 aliphatic rings. The Morgan fingerprint density at radius 3 is 2.56 bits per heavy atom. The molecule has 0 aliphatic carbocycles. The highest BCUT2D eigenvalue weighted by Crippen LogP contribution is 2.11. The zero-order valence-corrected chi connectivity index (χ0v) is 10.8. The number of likely N-dealkylation sites (tertiary alicyclic amines) is 1. The van der Waals surface area contributed by atoms with E-state index in [-0.39, 0.29) is 12.1 Å². The van der Waals surface area contributed by atoms with E-state index in [1.807, 2.05) is 31.2 Å². The van der Waals surface area contributed by atoms with Gasteiger partial charge in [0.05, 0.1) is 0 Å². The maximum Gasteiger partial charge on any atom is 0.410 e. The number of nitrogens with two attached hydrogens (primary N) is 1. The van der Waals surface area contributed by atoms with Crippen LogP contribution in [0.5, 0.6) is 0 Å². The third kappa shape index (κ3) is 3.47. The van der Waals surface area contributed by atoms with E-state index in [9.17, 15) is 4.79 Å². The van der Waals surface area contributed by atoms with E-state index in [4.69, 9.17) is 10.5 Å². The van der Waals surface area contributed by atoms with Gasteiger partial charge in [0.15, 0.2) is 0 Å². The molecule has 2 rings (SSSR count). The highest BCUT2D eigenvalue weighted by molar-refractivity contribution is 5.67. The molecule has 1 amide bonds. The summed E-state index contributed by atoms with van der Waals surface area (Å²) in [5, 5.41) is 0. The average Bonchev–Trinajstić information content (AvgIpc) is 2.38. The summed E-state index contributed by atoms with van der Waals surface area (Å²) < 4.78 is 5.29. The fourth-order valence-electron chi connectivity index (χ4n) is 2.00. The van der Waals surface area contributed by atoms with Crippen LogP contribution in [0, 0.1) is 6.92 Å². The van der Waals surface area contributed by atoms with Crippen molar-refractivity contribution in [1.29, 1.82) is 0 Å². The maximum absolute atomic E-state index is 11.8. The quantitative estimate of drug-likeness (QED) is 0.871. The second-order valence-corrected chi connectivity index (χ2v) is 4.86. The van der Waals surface area contributed by atoms with Crippen LogP contribution in [0.4, 0.5) is 4.79 Å². The molecule has 1 aromatic rings. The van der Waals surface area contributed by atoms with Crippen LogP contribution in [0.15, 0.2) is 24.3 Å². The monoisotopic (exact) mass is 248 g/mol. The van der Waals surface area contributed by atoms with Gasteiger partial charge in [-0.2, -0.15) is 0 Å². The minimum atomic E-state index is -0.234. The van der Waals surface area contributed by atoms with E-state index in [0.717, 1.165) is 18.4 Å². The van der Waals surface area contributed by atoms with Crippen LogP contribution in [0.1, 0.15) is 24.0 Å². The first-order valence-corrected chi connectivity index (χ1v) is 6.38. The van der Waals surface area contributed by atoms with Gasteiger partial charge in [0, 0.05) is 19.1 Å². The number of carbonyl (C=O) groups is 1. The molecule has 2 N–H and O–H groups in total. The second-order valence-electron chi connectivity index (χ2n) is 4.86. The fraction of sp³-hybridized carbons (Fsp3) is 0.500. The SMILES string of the molecule is Cc1ccc(COC(=O)N2CCC(N)CC2)cc1. The fourth-order valence-corrected chi connectivity index (χ4v) is 2.00. The maximum atomic E-state index is 11.8. The van der Waals surface area contributed by atoms with E-state index in [1.54, 1.807) is 4.90 Å². The number of rotatable bonds is 2. The summed E-state index contributed by atoms with van der Waals surface area (Å²) in [7, 11) is 0. The molecule has 18 heavy (non-hydrogen) atoms. The van der Waals surface area contributed by atoms with Crippen molar-refractivity contribution in [2.75, 3.05) is 13.1 Å². The molecular formula is C14H20N2O2. The van der Waals surface area contributed by atoms with Crippen LogP contribution in [-0.2, 0) is 11.3 Å². The molecule has 0 radical (unpaired) electrons. The van der Waals surface area contributed by atoms with E-state index < -0.39 is 0 Å². The molecule has 0 atom stereocenters. The standard InChI is InChI=1S/C14H20N2O2/c1-11-2-4-12(5-3-11)10-18-14(17)16-8-6-13(15)7-9-16/h2-5,13H,6-10,15H2,1H3. The normalized spacial score (nSPS) is 16.7. The Hall–Kier alpha value is -1.55. The zero-order chi connectivity index (χ0) is 13.0. The number of nitrogens with zero attached hydrogens (tertiary/aromatic N) is 1. The Kier molecular flexibility index (Phi) is 4.20. The molecule has 98 valence electrons. The molecule has 1 aromatic carbocycles. The van der Waals surface area contributed by atoms with Gasteiger partial charge in [-0.1, -0.05) is 29.8 Å². The van der Waals surface area contributed by atoms with E-state index in [1.165, 1.54) is 5.56 Å². The van der Waals surface area contributed by atoms with E-state index >= 15 is 0 Å². The van der Waals surface area contributed by atoms with Gasteiger partial charge < -0.3 is 15.4 Å². The molecule has 0 spiro atoms. The molecule has 0 saturated carbocycles. The lowest BCUT2D eigenvalue weighted by molar-refractivity contribution is 0.0873. The van der Waals surface area contributed by atoms with Crippen molar-refractivity contribution in [2.24, 2.45) is 5.73 Å². The summed E-state index contributed by atoms with van der Waals surface area (Å²) in [5.41, 5.74) is 8.02. The third-order valence-electron chi connectivity index (χ3n) is 3.28. The lowest BCUT2D eigenvalue weighted by atomic mass is 10.1. The first kappa shape index (κ1) is 12.9. The molecule has 0 unspecified atom stereocenters. The van der Waals surface area contributed by atoms with Crippen LogP contribution in [0.3, 0.4) is 0 Å². The van der Waals surface area contributed by atoms with Crippen LogP contribution in [0.25, 0.3) is 0 Å². The molecule has 1 fully saturated rings. The smallest absolute Gasteiger partial charge is 0.410 e. The van der Waals surface area contributed by atoms with Gasteiger partial charge in [0.25, 0.3) is 0 Å². The highest BCUT2D eigenvalue weighted by Gasteiger charge is 2.21. The lowest BCUT2D eigenvalue weighted by Gasteiger charge is -2.29.